The summed E-state index contributed by atoms with van der Waals surface area (Å²) in [5.74, 6) is 1.32. The van der Waals surface area contributed by atoms with Crippen molar-refractivity contribution >= 4 is 28.4 Å². The number of hydrogen-bond donors (Lipinski definition) is 2. The second-order valence-corrected chi connectivity index (χ2v) is 12.9. The fourth-order valence-electron chi connectivity index (χ4n) is 6.86. The molecule has 2 N–H and O–H groups in total. The van der Waals surface area contributed by atoms with Crippen molar-refractivity contribution in [1.29, 1.82) is 0 Å². The maximum absolute atomic E-state index is 13.6. The fraction of sp³-hybridized carbons (Fsp3) is 0.543. The number of ether oxygens (including phenoxy) is 1. The van der Waals surface area contributed by atoms with Crippen LogP contribution >= 0.6 is 0 Å². The second kappa shape index (κ2) is 14.0. The van der Waals surface area contributed by atoms with E-state index in [4.69, 9.17) is 4.74 Å². The number of nitrogens with one attached hydrogen (secondary N) is 1. The average Bonchev–Trinajstić information content (AvgIpc) is 3.32. The molecular formula is C35H48N4O4. The van der Waals surface area contributed by atoms with Gasteiger partial charge in [-0.3, -0.25) is 9.59 Å². The first-order valence-electron chi connectivity index (χ1n) is 15.9. The van der Waals surface area contributed by atoms with E-state index < -0.39 is 0 Å². The van der Waals surface area contributed by atoms with Crippen LogP contribution in [0.4, 0.5) is 5.69 Å². The summed E-state index contributed by atoms with van der Waals surface area (Å²) in [7, 11) is 4.16. The molecule has 0 spiro atoms. The molecule has 2 amide bonds. The van der Waals surface area contributed by atoms with Crippen LogP contribution in [-0.4, -0.2) is 76.7 Å². The van der Waals surface area contributed by atoms with Crippen LogP contribution in [0.25, 0.3) is 10.9 Å². The Balaban J connectivity index is 1.35. The lowest BCUT2D eigenvalue weighted by Gasteiger charge is -2.35. The van der Waals surface area contributed by atoms with Crippen LogP contribution in [-0.2, 0) is 29.5 Å². The quantitative estimate of drug-likeness (QED) is 0.367. The average molecular weight is 589 g/mol. The van der Waals surface area contributed by atoms with Gasteiger partial charge in [0.1, 0.15) is 11.9 Å². The van der Waals surface area contributed by atoms with Gasteiger partial charge in [-0.2, -0.15) is 0 Å². The number of aryl methyl sites for hydroxylation is 1. The van der Waals surface area contributed by atoms with Gasteiger partial charge in [0.2, 0.25) is 11.8 Å². The summed E-state index contributed by atoms with van der Waals surface area (Å²) < 4.78 is 8.75. The van der Waals surface area contributed by atoms with E-state index in [1.54, 1.807) is 4.90 Å². The topological polar surface area (TPSA) is 87.0 Å². The summed E-state index contributed by atoms with van der Waals surface area (Å²) in [5, 5.41) is 14.1. The van der Waals surface area contributed by atoms with Gasteiger partial charge in [0.05, 0.1) is 25.5 Å². The van der Waals surface area contributed by atoms with Gasteiger partial charge in [-0.15, -0.1) is 0 Å². The van der Waals surface area contributed by atoms with Crippen molar-refractivity contribution < 1.29 is 19.4 Å². The van der Waals surface area contributed by atoms with Crippen molar-refractivity contribution in [3.63, 3.8) is 0 Å². The molecule has 0 saturated heterocycles. The molecule has 0 unspecified atom stereocenters. The Kier molecular flexibility index (Phi) is 10.1. The van der Waals surface area contributed by atoms with Gasteiger partial charge in [0.15, 0.2) is 0 Å². The van der Waals surface area contributed by atoms with Gasteiger partial charge in [-0.1, -0.05) is 44.4 Å². The first kappa shape index (κ1) is 31.1. The number of nitrogens with zero attached hydrogens (tertiary/aromatic N) is 3. The Morgan fingerprint density at radius 2 is 1.91 bits per heavy atom. The van der Waals surface area contributed by atoms with Gasteiger partial charge in [0.25, 0.3) is 0 Å². The molecule has 0 bridgehead atoms. The van der Waals surface area contributed by atoms with Crippen LogP contribution in [0.2, 0.25) is 0 Å². The largest absolute Gasteiger partial charge is 0.488 e. The SMILES string of the molecule is C[C@@H]1CN([C@@H](C)CO)C(=O)Cc2cc(NC(=O)Cc3cn(C)c4ccccc34)ccc2O[C@@H]1CN(C)CC1CCCCC1. The number of aliphatic hydroxyl groups excluding tert-OH is 1. The summed E-state index contributed by atoms with van der Waals surface area (Å²) in [6, 6.07) is 13.4. The van der Waals surface area contributed by atoms with Crippen LogP contribution in [0.1, 0.15) is 57.1 Å². The number of amides is 2. The molecule has 1 aromatic heterocycles. The fourth-order valence-corrected chi connectivity index (χ4v) is 6.86. The van der Waals surface area contributed by atoms with Crippen molar-refractivity contribution in [3.05, 3.63) is 59.8 Å². The highest BCUT2D eigenvalue weighted by Gasteiger charge is 2.31. The molecule has 1 aliphatic carbocycles. The number of aliphatic hydroxyl groups is 1. The Morgan fingerprint density at radius 1 is 1.14 bits per heavy atom. The van der Waals surface area contributed by atoms with Gasteiger partial charge in [0, 0.05) is 61.0 Å². The van der Waals surface area contributed by atoms with Crippen molar-refractivity contribution in [1.82, 2.24) is 14.4 Å². The zero-order valence-corrected chi connectivity index (χ0v) is 26.2. The number of carbonyl (C=O) groups is 2. The molecule has 8 heteroatoms. The van der Waals surface area contributed by atoms with E-state index in [2.05, 4.69) is 24.2 Å². The van der Waals surface area contributed by atoms with Gasteiger partial charge in [-0.25, -0.2) is 0 Å². The lowest BCUT2D eigenvalue weighted by Crippen LogP contribution is -2.48. The zero-order valence-electron chi connectivity index (χ0n) is 26.2. The van der Waals surface area contributed by atoms with E-state index in [9.17, 15) is 14.7 Å². The molecule has 2 heterocycles. The molecule has 232 valence electrons. The number of aromatic nitrogens is 1. The monoisotopic (exact) mass is 588 g/mol. The van der Waals surface area contributed by atoms with Crippen molar-refractivity contribution in [2.45, 2.75) is 70.9 Å². The van der Waals surface area contributed by atoms with Crippen LogP contribution in [0.3, 0.4) is 0 Å². The maximum atomic E-state index is 13.6. The molecule has 2 aromatic carbocycles. The Bertz CT molecular complexity index is 1410. The molecule has 1 aliphatic heterocycles. The zero-order chi connectivity index (χ0) is 30.5. The smallest absolute Gasteiger partial charge is 0.228 e. The summed E-state index contributed by atoms with van der Waals surface area (Å²) in [5.41, 5.74) is 3.45. The molecule has 5 rings (SSSR count). The molecule has 1 saturated carbocycles. The second-order valence-electron chi connectivity index (χ2n) is 12.9. The van der Waals surface area contributed by atoms with Crippen molar-refractivity contribution in [2.75, 3.05) is 38.6 Å². The van der Waals surface area contributed by atoms with Crippen LogP contribution < -0.4 is 10.1 Å². The molecule has 0 radical (unpaired) electrons. The standard InChI is InChI=1S/C35H48N4O4/c1-24-19-39(25(2)23-40)35(42)18-27-16-29(36-34(41)17-28-21-38(4)31-13-9-8-12-30(28)31)14-15-32(27)43-33(24)22-37(3)20-26-10-6-5-7-11-26/h8-9,12-16,21,24-26,33,40H,5-7,10-11,17-20,22-23H2,1-4H3,(H,36,41)/t24-,25+,33-/m1/s1. The number of hydrogen-bond acceptors (Lipinski definition) is 5. The molecule has 3 atom stereocenters. The maximum Gasteiger partial charge on any atom is 0.228 e. The van der Waals surface area contributed by atoms with E-state index in [1.807, 2.05) is 67.2 Å². The van der Waals surface area contributed by atoms with Crippen molar-refractivity contribution in [2.24, 2.45) is 18.9 Å². The number of fused-ring (bicyclic) bond motifs is 2. The van der Waals surface area contributed by atoms with E-state index in [0.717, 1.165) is 41.0 Å². The summed E-state index contributed by atoms with van der Waals surface area (Å²) >= 11 is 0. The third-order valence-corrected chi connectivity index (χ3v) is 9.32. The Hall–Kier alpha value is -3.36. The summed E-state index contributed by atoms with van der Waals surface area (Å²) in [6.07, 6.45) is 8.84. The minimum Gasteiger partial charge on any atom is -0.488 e. The van der Waals surface area contributed by atoms with Gasteiger partial charge < -0.3 is 29.5 Å². The molecule has 43 heavy (non-hydrogen) atoms. The Morgan fingerprint density at radius 3 is 2.67 bits per heavy atom. The Labute approximate surface area is 256 Å². The molecule has 2 aliphatic rings. The molecule has 3 aromatic rings. The van der Waals surface area contributed by atoms with Gasteiger partial charge >= 0.3 is 0 Å². The van der Waals surface area contributed by atoms with Crippen LogP contribution in [0.5, 0.6) is 5.75 Å². The lowest BCUT2D eigenvalue weighted by atomic mass is 9.89. The lowest BCUT2D eigenvalue weighted by molar-refractivity contribution is -0.134. The minimum absolute atomic E-state index is 0.0475. The highest BCUT2D eigenvalue weighted by atomic mass is 16.5. The van der Waals surface area contributed by atoms with E-state index >= 15 is 0 Å². The number of para-hydroxylation sites is 1. The van der Waals surface area contributed by atoms with E-state index in [1.165, 1.54) is 32.1 Å². The molecular weight excluding hydrogens is 540 g/mol. The number of carbonyl (C=O) groups excluding carboxylic acids is 2. The highest BCUT2D eigenvalue weighted by molar-refractivity contribution is 5.96. The summed E-state index contributed by atoms with van der Waals surface area (Å²) in [4.78, 5) is 30.9. The number of rotatable bonds is 9. The first-order valence-corrected chi connectivity index (χ1v) is 15.9. The predicted octanol–water partition coefficient (Wildman–Crippen LogP) is 5.02. The van der Waals surface area contributed by atoms with Gasteiger partial charge in [-0.05, 0) is 62.6 Å². The van der Waals surface area contributed by atoms with Crippen LogP contribution in [0, 0.1) is 11.8 Å². The number of benzene rings is 2. The third kappa shape index (κ3) is 7.60. The van der Waals surface area contributed by atoms with E-state index in [-0.39, 0.29) is 49.3 Å². The third-order valence-electron chi connectivity index (χ3n) is 9.32. The van der Waals surface area contributed by atoms with Crippen LogP contribution in [0.15, 0.2) is 48.7 Å². The molecule has 8 nitrogen and oxygen atoms in total. The molecule has 1 fully saturated rings. The number of anilines is 1. The predicted molar refractivity (Wildman–Crippen MR) is 171 cm³/mol. The van der Waals surface area contributed by atoms with E-state index in [0.29, 0.717) is 18.0 Å². The normalized spacial score (nSPS) is 20.7. The highest BCUT2D eigenvalue weighted by Crippen LogP contribution is 2.30. The summed E-state index contributed by atoms with van der Waals surface area (Å²) in [6.45, 7) is 6.26. The van der Waals surface area contributed by atoms with Crippen molar-refractivity contribution in [3.8, 4) is 5.75 Å². The number of likely N-dealkylation sites (N-methyl/N-ethyl adjacent to an activating group) is 1. The minimum atomic E-state index is -0.291. The first-order chi connectivity index (χ1) is 20.7.